The summed E-state index contributed by atoms with van der Waals surface area (Å²) in [5.41, 5.74) is 1.71. The van der Waals surface area contributed by atoms with Crippen LogP contribution in [0, 0.1) is 5.41 Å². The Bertz CT molecular complexity index is 1530. The standard InChI is InChI=1S/C33H37N5O4/c1-4-41-27-13-5-6-14-28(27)42-25-12-9-19-38(22-25)30-16-8-15-29(36-30)37-32-34-18-17-26(35-32)24-11-7-10-23(20-24)21-33(2,3)31(39)40/h5-8,10-11,13-18,20,25H,4,9,12,19,21-22H2,1-3H3,(H,39,40)(H,34,35,36,37). The summed E-state index contributed by atoms with van der Waals surface area (Å²) in [6, 6.07) is 23.3. The van der Waals surface area contributed by atoms with Gasteiger partial charge in [-0.15, -0.1) is 0 Å². The highest BCUT2D eigenvalue weighted by Gasteiger charge is 2.27. The number of aromatic nitrogens is 3. The Morgan fingerprint density at radius 3 is 2.67 bits per heavy atom. The maximum atomic E-state index is 11.6. The molecule has 1 atom stereocenters. The van der Waals surface area contributed by atoms with Crippen LogP contribution in [0.5, 0.6) is 11.5 Å². The van der Waals surface area contributed by atoms with Crippen LogP contribution in [0.25, 0.3) is 11.3 Å². The molecule has 2 aromatic carbocycles. The summed E-state index contributed by atoms with van der Waals surface area (Å²) in [4.78, 5) is 27.8. The number of para-hydroxylation sites is 2. The van der Waals surface area contributed by atoms with Crippen LogP contribution in [0.1, 0.15) is 39.2 Å². The average Bonchev–Trinajstić information content (AvgIpc) is 2.99. The van der Waals surface area contributed by atoms with Gasteiger partial charge in [0.15, 0.2) is 11.5 Å². The molecule has 1 saturated heterocycles. The van der Waals surface area contributed by atoms with Gasteiger partial charge in [-0.05, 0) is 82.0 Å². The van der Waals surface area contributed by atoms with Crippen LogP contribution in [0.2, 0.25) is 0 Å². The number of anilines is 3. The lowest BCUT2D eigenvalue weighted by atomic mass is 9.85. The van der Waals surface area contributed by atoms with Crippen molar-refractivity contribution in [3.05, 3.63) is 84.6 Å². The highest BCUT2D eigenvalue weighted by atomic mass is 16.5. The molecule has 3 heterocycles. The fourth-order valence-electron chi connectivity index (χ4n) is 5.03. The SMILES string of the molecule is CCOc1ccccc1OC1CCCN(c2cccc(Nc3nccc(-c4cccc(CC(C)(C)C(=O)O)c4)n3)n2)C1. The minimum absolute atomic E-state index is 0.0237. The zero-order valence-corrected chi connectivity index (χ0v) is 24.3. The van der Waals surface area contributed by atoms with Crippen LogP contribution in [0.3, 0.4) is 0 Å². The molecule has 4 aromatic rings. The first-order valence-corrected chi connectivity index (χ1v) is 14.3. The highest BCUT2D eigenvalue weighted by molar-refractivity contribution is 5.74. The number of carboxylic acid groups (broad SMARTS) is 1. The van der Waals surface area contributed by atoms with Crippen LogP contribution < -0.4 is 19.7 Å². The van der Waals surface area contributed by atoms with E-state index in [1.54, 1.807) is 20.0 Å². The maximum absolute atomic E-state index is 11.6. The molecule has 9 nitrogen and oxygen atoms in total. The second kappa shape index (κ2) is 12.9. The van der Waals surface area contributed by atoms with Gasteiger partial charge in [0, 0.05) is 18.3 Å². The quantitative estimate of drug-likeness (QED) is 0.213. The van der Waals surface area contributed by atoms with Gasteiger partial charge in [0.25, 0.3) is 0 Å². The molecule has 2 aromatic heterocycles. The zero-order valence-electron chi connectivity index (χ0n) is 24.3. The van der Waals surface area contributed by atoms with Crippen LogP contribution in [-0.4, -0.2) is 51.8 Å². The molecule has 1 aliphatic rings. The third-order valence-corrected chi connectivity index (χ3v) is 7.22. The van der Waals surface area contributed by atoms with Gasteiger partial charge >= 0.3 is 5.97 Å². The summed E-state index contributed by atoms with van der Waals surface area (Å²) >= 11 is 0. The first kappa shape index (κ1) is 28.9. The zero-order chi connectivity index (χ0) is 29.5. The van der Waals surface area contributed by atoms with E-state index in [1.807, 2.05) is 79.7 Å². The third-order valence-electron chi connectivity index (χ3n) is 7.22. The number of piperidine rings is 1. The van der Waals surface area contributed by atoms with Gasteiger partial charge in [-0.3, -0.25) is 4.79 Å². The number of hydrogen-bond donors (Lipinski definition) is 2. The lowest BCUT2D eigenvalue weighted by molar-refractivity contribution is -0.146. The smallest absolute Gasteiger partial charge is 0.309 e. The van der Waals surface area contributed by atoms with Gasteiger partial charge in [0.1, 0.15) is 17.7 Å². The van der Waals surface area contributed by atoms with Gasteiger partial charge in [0.2, 0.25) is 5.95 Å². The van der Waals surface area contributed by atoms with Crippen molar-refractivity contribution in [3.8, 4) is 22.8 Å². The van der Waals surface area contributed by atoms with Crippen LogP contribution in [-0.2, 0) is 11.2 Å². The van der Waals surface area contributed by atoms with Gasteiger partial charge < -0.3 is 24.8 Å². The second-order valence-corrected chi connectivity index (χ2v) is 11.0. The van der Waals surface area contributed by atoms with Crippen molar-refractivity contribution in [1.82, 2.24) is 15.0 Å². The molecule has 0 spiro atoms. The molecule has 0 saturated carbocycles. The first-order valence-electron chi connectivity index (χ1n) is 14.3. The Morgan fingerprint density at radius 1 is 1.05 bits per heavy atom. The number of hydrogen-bond acceptors (Lipinski definition) is 8. The lowest BCUT2D eigenvalue weighted by Crippen LogP contribution is -2.41. The molecular weight excluding hydrogens is 530 g/mol. The van der Waals surface area contributed by atoms with Gasteiger partial charge in [-0.25, -0.2) is 15.0 Å². The van der Waals surface area contributed by atoms with Crippen molar-refractivity contribution >= 4 is 23.6 Å². The molecule has 2 N–H and O–H groups in total. The van der Waals surface area contributed by atoms with Crippen molar-refractivity contribution in [2.45, 2.75) is 46.1 Å². The van der Waals surface area contributed by atoms with Crippen LogP contribution in [0.4, 0.5) is 17.6 Å². The summed E-state index contributed by atoms with van der Waals surface area (Å²) in [5.74, 6) is 2.64. The molecule has 0 radical (unpaired) electrons. The summed E-state index contributed by atoms with van der Waals surface area (Å²) in [6.07, 6.45) is 4.11. The number of carbonyl (C=O) groups is 1. The molecular formula is C33H37N5O4. The predicted molar refractivity (Wildman–Crippen MR) is 164 cm³/mol. The van der Waals surface area contributed by atoms with E-state index in [0.29, 0.717) is 24.8 Å². The molecule has 1 unspecified atom stereocenters. The van der Waals surface area contributed by atoms with Gasteiger partial charge in [0.05, 0.1) is 24.3 Å². The molecule has 9 heteroatoms. The fourth-order valence-corrected chi connectivity index (χ4v) is 5.03. The maximum Gasteiger partial charge on any atom is 0.309 e. The monoisotopic (exact) mass is 567 g/mol. The molecule has 1 fully saturated rings. The number of nitrogens with one attached hydrogen (secondary N) is 1. The predicted octanol–water partition coefficient (Wildman–Crippen LogP) is 6.38. The second-order valence-electron chi connectivity index (χ2n) is 11.0. The number of ether oxygens (including phenoxy) is 2. The van der Waals surface area contributed by atoms with Gasteiger partial charge in [-0.1, -0.05) is 36.4 Å². The average molecular weight is 568 g/mol. The van der Waals surface area contributed by atoms with E-state index in [0.717, 1.165) is 60.1 Å². The summed E-state index contributed by atoms with van der Waals surface area (Å²) in [5, 5.41) is 12.8. The first-order chi connectivity index (χ1) is 20.3. The Labute approximate surface area is 246 Å². The number of nitrogens with zero attached hydrogens (tertiary/aromatic N) is 4. The summed E-state index contributed by atoms with van der Waals surface area (Å²) in [7, 11) is 0. The normalized spacial score (nSPS) is 15.2. The fraction of sp³-hybridized carbons (Fsp3) is 0.333. The van der Waals surface area contributed by atoms with Crippen LogP contribution in [0.15, 0.2) is 79.0 Å². The number of aliphatic carboxylic acids is 1. The number of carboxylic acids is 1. The summed E-state index contributed by atoms with van der Waals surface area (Å²) in [6.45, 7) is 7.63. The Hall–Kier alpha value is -4.66. The molecule has 1 aliphatic heterocycles. The topological polar surface area (TPSA) is 110 Å². The minimum atomic E-state index is -0.859. The largest absolute Gasteiger partial charge is 0.490 e. The van der Waals surface area contributed by atoms with Crippen molar-refractivity contribution < 1.29 is 19.4 Å². The highest BCUT2D eigenvalue weighted by Crippen LogP contribution is 2.30. The van der Waals surface area contributed by atoms with E-state index < -0.39 is 11.4 Å². The molecule has 0 bridgehead atoms. The molecule has 0 amide bonds. The number of benzene rings is 2. The number of rotatable bonds is 11. The van der Waals surface area contributed by atoms with Crippen molar-refractivity contribution in [2.24, 2.45) is 5.41 Å². The Morgan fingerprint density at radius 2 is 1.86 bits per heavy atom. The summed E-state index contributed by atoms with van der Waals surface area (Å²) < 4.78 is 12.1. The van der Waals surface area contributed by atoms with Crippen molar-refractivity contribution in [3.63, 3.8) is 0 Å². The van der Waals surface area contributed by atoms with Crippen molar-refractivity contribution in [1.29, 1.82) is 0 Å². The molecule has 42 heavy (non-hydrogen) atoms. The third kappa shape index (κ3) is 7.15. The van der Waals surface area contributed by atoms with E-state index in [-0.39, 0.29) is 6.10 Å². The van der Waals surface area contributed by atoms with Crippen LogP contribution >= 0.6 is 0 Å². The molecule has 5 rings (SSSR count). The minimum Gasteiger partial charge on any atom is -0.490 e. The van der Waals surface area contributed by atoms with E-state index in [4.69, 9.17) is 19.4 Å². The number of pyridine rings is 1. The Kier molecular flexibility index (Phi) is 8.85. The van der Waals surface area contributed by atoms with E-state index in [9.17, 15) is 9.90 Å². The Balaban J connectivity index is 1.27. The van der Waals surface area contributed by atoms with E-state index in [2.05, 4.69) is 15.2 Å². The van der Waals surface area contributed by atoms with E-state index >= 15 is 0 Å². The molecule has 218 valence electrons. The van der Waals surface area contributed by atoms with Crippen molar-refractivity contribution in [2.75, 3.05) is 29.9 Å². The van der Waals surface area contributed by atoms with E-state index in [1.165, 1.54) is 0 Å². The molecule has 0 aliphatic carbocycles. The van der Waals surface area contributed by atoms with Gasteiger partial charge in [-0.2, -0.15) is 0 Å². The lowest BCUT2D eigenvalue weighted by Gasteiger charge is -2.34.